The lowest BCUT2D eigenvalue weighted by Crippen LogP contribution is -2.32. The Bertz CT molecular complexity index is 831. The Morgan fingerprint density at radius 3 is 2.86 bits per heavy atom. The minimum Gasteiger partial charge on any atom is -0.276 e. The third kappa shape index (κ3) is 3.00. The van der Waals surface area contributed by atoms with Crippen molar-refractivity contribution in [1.82, 2.24) is 14.5 Å². The Morgan fingerprint density at radius 1 is 1.45 bits per heavy atom. The summed E-state index contributed by atoms with van der Waals surface area (Å²) in [4.78, 5) is 12.1. The zero-order chi connectivity index (χ0) is 15.9. The number of carbonyl (C=O) groups excluding carboxylic acids is 1. The summed E-state index contributed by atoms with van der Waals surface area (Å²) < 4.78 is 28.1. The normalized spacial score (nSPS) is 20.6. The molecule has 0 saturated heterocycles. The number of amides is 1. The zero-order valence-corrected chi connectivity index (χ0v) is 13.3. The predicted molar refractivity (Wildman–Crippen MR) is 80.8 cm³/mol. The van der Waals surface area contributed by atoms with Gasteiger partial charge in [0, 0.05) is 24.2 Å². The van der Waals surface area contributed by atoms with Gasteiger partial charge >= 0.3 is 0 Å². The molecule has 0 aliphatic heterocycles. The van der Waals surface area contributed by atoms with Crippen molar-refractivity contribution >= 4 is 27.5 Å². The van der Waals surface area contributed by atoms with Crippen molar-refractivity contribution in [3.63, 3.8) is 0 Å². The summed E-state index contributed by atoms with van der Waals surface area (Å²) in [5.41, 5.74) is 0.947. The molecule has 3 rings (SSSR count). The first-order valence-corrected chi connectivity index (χ1v) is 8.54. The number of aryl methyl sites for hydroxylation is 1. The smallest absolute Gasteiger partial charge is 0.264 e. The van der Waals surface area contributed by atoms with Crippen molar-refractivity contribution in [2.75, 3.05) is 0 Å². The number of aromatic nitrogens is 2. The van der Waals surface area contributed by atoms with E-state index in [0.717, 1.165) is 5.56 Å². The number of nitrogens with one attached hydrogen (secondary N) is 1. The number of halogens is 1. The zero-order valence-electron chi connectivity index (χ0n) is 11.7. The van der Waals surface area contributed by atoms with Gasteiger partial charge in [-0.15, -0.1) is 0 Å². The minimum absolute atomic E-state index is 0.0214. The molecule has 1 aromatic heterocycles. The van der Waals surface area contributed by atoms with Gasteiger partial charge < -0.3 is 0 Å². The largest absolute Gasteiger partial charge is 0.276 e. The molecule has 1 N–H and O–H groups in total. The second-order valence-electron chi connectivity index (χ2n) is 5.32. The Morgan fingerprint density at radius 2 is 2.23 bits per heavy atom. The van der Waals surface area contributed by atoms with Crippen LogP contribution in [0, 0.1) is 5.92 Å². The minimum atomic E-state index is -3.89. The Kier molecular flexibility index (Phi) is 3.70. The molecule has 1 fully saturated rings. The fourth-order valence-corrected chi connectivity index (χ4v) is 3.71. The number of nitrogens with zero attached hydrogens (tertiary/aromatic N) is 2. The molecule has 1 heterocycles. The lowest BCUT2D eigenvalue weighted by atomic mass is 10.2. The maximum absolute atomic E-state index is 12.2. The van der Waals surface area contributed by atoms with Crippen LogP contribution in [0.3, 0.4) is 0 Å². The van der Waals surface area contributed by atoms with E-state index >= 15 is 0 Å². The van der Waals surface area contributed by atoms with Gasteiger partial charge in [-0.05, 0) is 36.1 Å². The van der Waals surface area contributed by atoms with Crippen molar-refractivity contribution < 1.29 is 13.2 Å². The topological polar surface area (TPSA) is 81.1 Å². The van der Waals surface area contributed by atoms with Crippen molar-refractivity contribution in [1.29, 1.82) is 0 Å². The molecule has 2 atom stereocenters. The second-order valence-corrected chi connectivity index (χ2v) is 7.44. The third-order valence-electron chi connectivity index (χ3n) is 3.62. The Hall–Kier alpha value is -1.86. The maximum atomic E-state index is 12.2. The fraction of sp³-hybridized carbons (Fsp3) is 0.286. The van der Waals surface area contributed by atoms with Gasteiger partial charge in [0.25, 0.3) is 10.0 Å². The Labute approximate surface area is 133 Å². The van der Waals surface area contributed by atoms with E-state index < -0.39 is 15.9 Å². The first-order valence-electron chi connectivity index (χ1n) is 6.67. The van der Waals surface area contributed by atoms with Gasteiger partial charge in [-0.2, -0.15) is 5.10 Å². The molecule has 1 aliphatic rings. The number of carbonyl (C=O) groups is 1. The van der Waals surface area contributed by atoms with E-state index in [2.05, 4.69) is 9.82 Å². The van der Waals surface area contributed by atoms with Gasteiger partial charge in [0.2, 0.25) is 5.91 Å². The van der Waals surface area contributed by atoms with E-state index in [1.54, 1.807) is 24.0 Å². The summed E-state index contributed by atoms with van der Waals surface area (Å²) >= 11 is 5.78. The van der Waals surface area contributed by atoms with Crippen LogP contribution in [-0.4, -0.2) is 24.1 Å². The molecule has 8 heteroatoms. The highest BCUT2D eigenvalue weighted by Crippen LogP contribution is 2.47. The van der Waals surface area contributed by atoms with Crippen molar-refractivity contribution in [3.8, 4) is 0 Å². The van der Waals surface area contributed by atoms with Gasteiger partial charge in [0.05, 0.1) is 11.1 Å². The monoisotopic (exact) mass is 339 g/mol. The molecule has 22 heavy (non-hydrogen) atoms. The molecule has 6 nitrogen and oxygen atoms in total. The molecule has 2 aromatic rings. The van der Waals surface area contributed by atoms with Gasteiger partial charge in [0.1, 0.15) is 0 Å². The number of sulfonamides is 1. The Balaban J connectivity index is 1.70. The summed E-state index contributed by atoms with van der Waals surface area (Å²) in [6.45, 7) is 0. The molecule has 1 saturated carbocycles. The molecular formula is C14H14ClN3O3S. The predicted octanol–water partition coefficient (Wildman–Crippen LogP) is 1.68. The molecule has 1 aromatic carbocycles. The first-order chi connectivity index (χ1) is 10.4. The van der Waals surface area contributed by atoms with E-state index in [9.17, 15) is 13.2 Å². The summed E-state index contributed by atoms with van der Waals surface area (Å²) in [7, 11) is -2.10. The highest BCUT2D eigenvalue weighted by atomic mass is 35.5. The molecule has 0 radical (unpaired) electrons. The molecule has 1 aliphatic carbocycles. The van der Waals surface area contributed by atoms with E-state index in [-0.39, 0.29) is 16.7 Å². The number of rotatable bonds is 4. The van der Waals surface area contributed by atoms with Crippen molar-refractivity contribution in [3.05, 3.63) is 47.2 Å². The van der Waals surface area contributed by atoms with Gasteiger partial charge in [0.15, 0.2) is 0 Å². The van der Waals surface area contributed by atoms with Crippen LogP contribution in [0.25, 0.3) is 0 Å². The quantitative estimate of drug-likeness (QED) is 0.919. The highest BCUT2D eigenvalue weighted by Gasteiger charge is 2.45. The third-order valence-corrected chi connectivity index (χ3v) is 5.20. The van der Waals surface area contributed by atoms with E-state index in [1.807, 2.05) is 6.20 Å². The van der Waals surface area contributed by atoms with Crippen LogP contribution < -0.4 is 4.72 Å². The van der Waals surface area contributed by atoms with Crippen LogP contribution in [0.2, 0.25) is 5.02 Å². The lowest BCUT2D eigenvalue weighted by Gasteiger charge is -2.06. The molecule has 116 valence electrons. The molecule has 1 amide bonds. The van der Waals surface area contributed by atoms with Crippen LogP contribution in [-0.2, 0) is 21.9 Å². The first kappa shape index (κ1) is 15.1. The van der Waals surface area contributed by atoms with Crippen molar-refractivity contribution in [2.45, 2.75) is 17.2 Å². The van der Waals surface area contributed by atoms with Gasteiger partial charge in [-0.1, -0.05) is 17.7 Å². The van der Waals surface area contributed by atoms with Crippen LogP contribution in [0.5, 0.6) is 0 Å². The average Bonchev–Trinajstić information content (AvgIpc) is 3.14. The van der Waals surface area contributed by atoms with Crippen LogP contribution in [0.1, 0.15) is 17.9 Å². The van der Waals surface area contributed by atoms with E-state index in [0.29, 0.717) is 11.4 Å². The molecule has 0 spiro atoms. The summed E-state index contributed by atoms with van der Waals surface area (Å²) in [5, 5.41) is 4.36. The fourth-order valence-electron chi connectivity index (χ4n) is 2.39. The summed E-state index contributed by atoms with van der Waals surface area (Å²) in [5.74, 6) is -0.796. The van der Waals surface area contributed by atoms with E-state index in [1.165, 1.54) is 18.2 Å². The molecular weight excluding hydrogens is 326 g/mol. The average molecular weight is 340 g/mol. The molecule has 2 unspecified atom stereocenters. The highest BCUT2D eigenvalue weighted by molar-refractivity contribution is 7.90. The number of benzene rings is 1. The van der Waals surface area contributed by atoms with Gasteiger partial charge in [-0.25, -0.2) is 13.1 Å². The summed E-state index contributed by atoms with van der Waals surface area (Å²) in [6.07, 6.45) is 4.16. The standard InChI is InChI=1S/C14H14ClN3O3S/c1-18-8-9(7-16-18)12-6-13(12)14(19)17-22(20,21)11-4-2-3-10(15)5-11/h2-5,7-8,12-13H,6H2,1H3,(H,17,19). The SMILES string of the molecule is Cn1cc(C2CC2C(=O)NS(=O)(=O)c2cccc(Cl)c2)cn1. The second kappa shape index (κ2) is 5.40. The van der Waals surface area contributed by atoms with Crippen LogP contribution >= 0.6 is 11.6 Å². The number of hydrogen-bond donors (Lipinski definition) is 1. The van der Waals surface area contributed by atoms with Crippen molar-refractivity contribution in [2.24, 2.45) is 13.0 Å². The van der Waals surface area contributed by atoms with Crippen LogP contribution in [0.15, 0.2) is 41.6 Å². The molecule has 0 bridgehead atoms. The lowest BCUT2D eigenvalue weighted by molar-refractivity contribution is -0.120. The van der Waals surface area contributed by atoms with Crippen LogP contribution in [0.4, 0.5) is 0 Å². The number of hydrogen-bond acceptors (Lipinski definition) is 4. The van der Waals surface area contributed by atoms with Gasteiger partial charge in [-0.3, -0.25) is 9.48 Å². The van der Waals surface area contributed by atoms with E-state index in [4.69, 9.17) is 11.6 Å². The summed E-state index contributed by atoms with van der Waals surface area (Å²) in [6, 6.07) is 5.80. The maximum Gasteiger partial charge on any atom is 0.264 e.